The van der Waals surface area contributed by atoms with Gasteiger partial charge in [-0.25, -0.2) is 9.98 Å². The second kappa shape index (κ2) is 11.0. The maximum atomic E-state index is 5.78. The summed E-state index contributed by atoms with van der Waals surface area (Å²) in [6.45, 7) is 15.1. The first-order valence-corrected chi connectivity index (χ1v) is 8.76. The Morgan fingerprint density at radius 2 is 2.00 bits per heavy atom. The smallest absolute Gasteiger partial charge is 0.216 e. The Kier molecular flexibility index (Phi) is 9.73. The van der Waals surface area contributed by atoms with Crippen LogP contribution in [0, 0.1) is 0 Å². The van der Waals surface area contributed by atoms with Crippen molar-refractivity contribution in [2.45, 2.75) is 39.7 Å². The molecule has 0 atom stereocenters. The van der Waals surface area contributed by atoms with E-state index in [9.17, 15) is 0 Å². The lowest BCUT2D eigenvalue weighted by Crippen LogP contribution is -2.44. The van der Waals surface area contributed by atoms with E-state index in [0.717, 1.165) is 57.7 Å². The number of oxazole rings is 1. The van der Waals surface area contributed by atoms with E-state index < -0.39 is 0 Å². The fourth-order valence-electron chi connectivity index (χ4n) is 2.38. The molecule has 8 heteroatoms. The Balaban J connectivity index is 0.00000312. The van der Waals surface area contributed by atoms with E-state index in [2.05, 4.69) is 53.2 Å². The normalized spacial score (nSPS) is 16.4. The van der Waals surface area contributed by atoms with Gasteiger partial charge in [0.15, 0.2) is 5.96 Å². The third-order valence-electron chi connectivity index (χ3n) is 3.83. The van der Waals surface area contributed by atoms with Crippen molar-refractivity contribution < 1.29 is 9.15 Å². The number of guanidine groups is 1. The van der Waals surface area contributed by atoms with Crippen LogP contribution in [-0.2, 0) is 16.7 Å². The van der Waals surface area contributed by atoms with Crippen molar-refractivity contribution in [2.75, 3.05) is 45.9 Å². The van der Waals surface area contributed by atoms with E-state index in [1.165, 1.54) is 0 Å². The molecule has 0 radical (unpaired) electrons. The number of ether oxygens (including phenoxy) is 1. The molecule has 7 nitrogen and oxygen atoms in total. The number of hydrogen-bond acceptors (Lipinski definition) is 5. The van der Waals surface area contributed by atoms with Gasteiger partial charge in [-0.05, 0) is 6.92 Å². The molecule has 0 saturated carbocycles. The number of hydrogen-bond donors (Lipinski definition) is 2. The van der Waals surface area contributed by atoms with Crippen LogP contribution in [0.1, 0.15) is 39.3 Å². The lowest BCUT2D eigenvalue weighted by molar-refractivity contribution is 0.0389. The molecule has 2 rings (SSSR count). The van der Waals surface area contributed by atoms with Crippen molar-refractivity contribution in [3.63, 3.8) is 0 Å². The van der Waals surface area contributed by atoms with Crippen LogP contribution in [0.3, 0.4) is 0 Å². The fraction of sp³-hybridized carbons (Fsp3) is 0.765. The van der Waals surface area contributed by atoms with Gasteiger partial charge in [0, 0.05) is 38.1 Å². The van der Waals surface area contributed by atoms with Gasteiger partial charge in [-0.3, -0.25) is 4.90 Å². The summed E-state index contributed by atoms with van der Waals surface area (Å²) < 4.78 is 11.1. The Morgan fingerprint density at radius 3 is 2.60 bits per heavy atom. The van der Waals surface area contributed by atoms with E-state index in [1.54, 1.807) is 6.20 Å². The van der Waals surface area contributed by atoms with Gasteiger partial charge in [-0.15, -0.1) is 24.0 Å². The molecule has 144 valence electrons. The average molecular weight is 465 g/mol. The first-order valence-electron chi connectivity index (χ1n) is 8.76. The monoisotopic (exact) mass is 465 g/mol. The largest absolute Gasteiger partial charge is 0.443 e. The van der Waals surface area contributed by atoms with Crippen LogP contribution >= 0.6 is 24.0 Å². The molecule has 2 heterocycles. The minimum absolute atomic E-state index is 0. The zero-order valence-electron chi connectivity index (χ0n) is 15.8. The predicted molar refractivity (Wildman–Crippen MR) is 111 cm³/mol. The second-order valence-electron chi connectivity index (χ2n) is 6.94. The van der Waals surface area contributed by atoms with Gasteiger partial charge in [0.2, 0.25) is 5.89 Å². The van der Waals surface area contributed by atoms with E-state index >= 15 is 0 Å². The van der Waals surface area contributed by atoms with Gasteiger partial charge in [-0.2, -0.15) is 0 Å². The average Bonchev–Trinajstić information content (AvgIpc) is 3.03. The number of morpholine rings is 1. The summed E-state index contributed by atoms with van der Waals surface area (Å²) in [6.07, 6.45) is 1.80. The standard InChI is InChI=1S/C17H31N5O2.HI/c1-5-18-16(19-6-7-22-8-10-23-11-9-22)21-13-15-20-12-14(24-15)17(2,3)4;/h12H,5-11,13H2,1-4H3,(H2,18,19,21);1H. The van der Waals surface area contributed by atoms with Crippen molar-refractivity contribution in [2.24, 2.45) is 4.99 Å². The number of rotatable bonds is 6. The molecule has 1 fully saturated rings. The van der Waals surface area contributed by atoms with E-state index in [1.807, 2.05) is 0 Å². The topological polar surface area (TPSA) is 74.9 Å². The number of halogens is 1. The SMILES string of the molecule is CCNC(=NCc1ncc(C(C)(C)C)o1)NCCN1CCOCC1.I. The number of aliphatic imine (C=N–C) groups is 1. The summed E-state index contributed by atoms with van der Waals surface area (Å²) in [5.74, 6) is 2.32. The first kappa shape index (κ1) is 22.2. The highest BCUT2D eigenvalue weighted by Crippen LogP contribution is 2.22. The number of nitrogens with one attached hydrogen (secondary N) is 2. The van der Waals surface area contributed by atoms with E-state index in [-0.39, 0.29) is 29.4 Å². The van der Waals surface area contributed by atoms with Gasteiger partial charge in [0.05, 0.1) is 19.4 Å². The molecule has 2 N–H and O–H groups in total. The second-order valence-corrected chi connectivity index (χ2v) is 6.94. The third-order valence-corrected chi connectivity index (χ3v) is 3.83. The van der Waals surface area contributed by atoms with Crippen LogP contribution < -0.4 is 10.6 Å². The van der Waals surface area contributed by atoms with Crippen LogP contribution in [0.15, 0.2) is 15.6 Å². The molecule has 1 aromatic heterocycles. The molecule has 25 heavy (non-hydrogen) atoms. The number of aromatic nitrogens is 1. The fourth-order valence-corrected chi connectivity index (χ4v) is 2.38. The van der Waals surface area contributed by atoms with E-state index in [0.29, 0.717) is 12.4 Å². The van der Waals surface area contributed by atoms with Gasteiger partial charge in [-0.1, -0.05) is 20.8 Å². The molecule has 0 amide bonds. The Labute approximate surface area is 168 Å². The molecular formula is C17H32IN5O2. The minimum atomic E-state index is -0.0319. The third kappa shape index (κ3) is 7.91. The molecule has 1 aliphatic heterocycles. The highest BCUT2D eigenvalue weighted by Gasteiger charge is 2.19. The first-order chi connectivity index (χ1) is 11.5. The molecule has 1 saturated heterocycles. The molecular weight excluding hydrogens is 433 g/mol. The van der Waals surface area contributed by atoms with Crippen LogP contribution in [0.2, 0.25) is 0 Å². The Hall–Kier alpha value is -0.870. The van der Waals surface area contributed by atoms with Crippen LogP contribution in [-0.4, -0.2) is 61.8 Å². The summed E-state index contributed by atoms with van der Waals surface area (Å²) in [5.41, 5.74) is -0.0319. The van der Waals surface area contributed by atoms with Crippen LogP contribution in [0.5, 0.6) is 0 Å². The molecule has 0 spiro atoms. The highest BCUT2D eigenvalue weighted by molar-refractivity contribution is 14.0. The van der Waals surface area contributed by atoms with Crippen molar-refractivity contribution in [1.82, 2.24) is 20.5 Å². The van der Waals surface area contributed by atoms with Crippen LogP contribution in [0.4, 0.5) is 0 Å². The Bertz CT molecular complexity index is 521. The van der Waals surface area contributed by atoms with Crippen molar-refractivity contribution in [1.29, 1.82) is 0 Å². The summed E-state index contributed by atoms with van der Waals surface area (Å²) in [7, 11) is 0. The number of nitrogens with zero attached hydrogens (tertiary/aromatic N) is 3. The van der Waals surface area contributed by atoms with Crippen molar-refractivity contribution in [3.8, 4) is 0 Å². The molecule has 0 unspecified atom stereocenters. The zero-order chi connectivity index (χ0) is 17.4. The quantitative estimate of drug-likeness (QED) is 0.380. The van der Waals surface area contributed by atoms with Gasteiger partial charge in [0.25, 0.3) is 0 Å². The maximum absolute atomic E-state index is 5.78. The van der Waals surface area contributed by atoms with E-state index in [4.69, 9.17) is 9.15 Å². The summed E-state index contributed by atoms with van der Waals surface area (Å²) in [5, 5.41) is 6.62. The van der Waals surface area contributed by atoms with Crippen molar-refractivity contribution in [3.05, 3.63) is 17.8 Å². The van der Waals surface area contributed by atoms with Gasteiger partial charge < -0.3 is 19.8 Å². The van der Waals surface area contributed by atoms with Crippen LogP contribution in [0.25, 0.3) is 0 Å². The molecule has 1 aliphatic rings. The Morgan fingerprint density at radius 1 is 1.28 bits per heavy atom. The lowest BCUT2D eigenvalue weighted by Gasteiger charge is -2.26. The predicted octanol–water partition coefficient (Wildman–Crippen LogP) is 1.98. The molecule has 0 bridgehead atoms. The van der Waals surface area contributed by atoms with Crippen molar-refractivity contribution >= 4 is 29.9 Å². The molecule has 0 aromatic carbocycles. The lowest BCUT2D eigenvalue weighted by atomic mass is 9.94. The van der Waals surface area contributed by atoms with Gasteiger partial charge >= 0.3 is 0 Å². The summed E-state index contributed by atoms with van der Waals surface area (Å²) in [6, 6.07) is 0. The minimum Gasteiger partial charge on any atom is -0.443 e. The summed E-state index contributed by atoms with van der Waals surface area (Å²) >= 11 is 0. The maximum Gasteiger partial charge on any atom is 0.216 e. The van der Waals surface area contributed by atoms with Gasteiger partial charge in [0.1, 0.15) is 12.3 Å². The highest BCUT2D eigenvalue weighted by atomic mass is 127. The molecule has 0 aliphatic carbocycles. The summed E-state index contributed by atoms with van der Waals surface area (Å²) in [4.78, 5) is 11.3. The zero-order valence-corrected chi connectivity index (χ0v) is 18.1. The molecule has 1 aromatic rings.